The number of carbonyl (C=O) groups is 1. The van der Waals surface area contributed by atoms with Crippen LogP contribution in [0.3, 0.4) is 0 Å². The number of rotatable bonds is 5. The standard InChI is InChI=1S/C16H22IN3O/c17-16(12-18)8-2-1-4-14(16)5-3-9-20-10-6-13(7-11-20)15(19)21/h1-2,4,8,13-14H,3,5-7,9-11H2,(H2,19,21). The number of halogens is 1. The Morgan fingerprint density at radius 3 is 2.76 bits per heavy atom. The molecule has 2 atom stereocenters. The molecule has 0 radical (unpaired) electrons. The van der Waals surface area contributed by atoms with Crippen LogP contribution >= 0.6 is 22.6 Å². The van der Waals surface area contributed by atoms with Crippen LogP contribution in [0.1, 0.15) is 25.7 Å². The van der Waals surface area contributed by atoms with E-state index in [9.17, 15) is 10.1 Å². The summed E-state index contributed by atoms with van der Waals surface area (Å²) in [5.41, 5.74) is 5.35. The number of nitriles is 1. The molecule has 0 aromatic carbocycles. The molecule has 0 spiro atoms. The van der Waals surface area contributed by atoms with Gasteiger partial charge in [-0.3, -0.25) is 4.79 Å². The number of allylic oxidation sites excluding steroid dienone is 4. The average molecular weight is 399 g/mol. The number of primary amides is 1. The van der Waals surface area contributed by atoms with Crippen molar-refractivity contribution in [2.45, 2.75) is 29.1 Å². The van der Waals surface area contributed by atoms with E-state index in [1.165, 1.54) is 0 Å². The van der Waals surface area contributed by atoms with Crippen molar-refractivity contribution in [3.05, 3.63) is 24.3 Å². The fourth-order valence-corrected chi connectivity index (χ4v) is 3.79. The zero-order chi connectivity index (χ0) is 15.3. The topological polar surface area (TPSA) is 70.1 Å². The Kier molecular flexibility index (Phi) is 5.82. The van der Waals surface area contributed by atoms with Crippen LogP contribution in [-0.4, -0.2) is 33.9 Å². The van der Waals surface area contributed by atoms with Gasteiger partial charge in [-0.15, -0.1) is 0 Å². The second-order valence-corrected chi connectivity index (χ2v) is 7.68. The maximum atomic E-state index is 11.1. The second-order valence-electron chi connectivity index (χ2n) is 5.89. The van der Waals surface area contributed by atoms with Gasteiger partial charge in [0.2, 0.25) is 5.91 Å². The van der Waals surface area contributed by atoms with E-state index in [-0.39, 0.29) is 17.7 Å². The van der Waals surface area contributed by atoms with Gasteiger partial charge in [0, 0.05) is 11.8 Å². The fourth-order valence-electron chi connectivity index (χ4n) is 3.06. The molecular formula is C16H22IN3O. The van der Waals surface area contributed by atoms with Crippen LogP contribution in [0.25, 0.3) is 0 Å². The van der Waals surface area contributed by atoms with Crippen molar-refractivity contribution in [1.82, 2.24) is 4.90 Å². The third-order valence-corrected chi connectivity index (χ3v) is 5.88. The van der Waals surface area contributed by atoms with Crippen molar-refractivity contribution in [2.24, 2.45) is 17.6 Å². The van der Waals surface area contributed by atoms with Gasteiger partial charge in [-0.25, -0.2) is 0 Å². The first kappa shape index (κ1) is 16.5. The highest BCUT2D eigenvalue weighted by Crippen LogP contribution is 2.36. The lowest BCUT2D eigenvalue weighted by atomic mass is 9.86. The minimum absolute atomic E-state index is 0.0632. The molecule has 21 heavy (non-hydrogen) atoms. The molecule has 0 bridgehead atoms. The highest BCUT2D eigenvalue weighted by atomic mass is 127. The van der Waals surface area contributed by atoms with E-state index in [0.29, 0.717) is 0 Å². The molecule has 2 aliphatic rings. The molecule has 1 fully saturated rings. The predicted molar refractivity (Wildman–Crippen MR) is 91.7 cm³/mol. The summed E-state index contributed by atoms with van der Waals surface area (Å²) in [5.74, 6) is 0.196. The van der Waals surface area contributed by atoms with E-state index < -0.39 is 3.42 Å². The smallest absolute Gasteiger partial charge is 0.220 e. The van der Waals surface area contributed by atoms with Crippen molar-refractivity contribution in [3.8, 4) is 6.07 Å². The molecule has 2 N–H and O–H groups in total. The van der Waals surface area contributed by atoms with Crippen LogP contribution in [0.5, 0.6) is 0 Å². The number of amides is 1. The number of piperidine rings is 1. The summed E-state index contributed by atoms with van der Waals surface area (Å²) in [7, 11) is 0. The largest absolute Gasteiger partial charge is 0.369 e. The van der Waals surface area contributed by atoms with Crippen molar-refractivity contribution in [2.75, 3.05) is 19.6 Å². The third kappa shape index (κ3) is 4.30. The molecular weight excluding hydrogens is 377 g/mol. The summed E-state index contributed by atoms with van der Waals surface area (Å²) in [6.07, 6.45) is 12.0. The maximum Gasteiger partial charge on any atom is 0.220 e. The summed E-state index contributed by atoms with van der Waals surface area (Å²) in [5, 5.41) is 9.35. The van der Waals surface area contributed by atoms with E-state index in [1.807, 2.05) is 18.2 Å². The molecule has 1 aliphatic heterocycles. The monoisotopic (exact) mass is 399 g/mol. The van der Waals surface area contributed by atoms with Crippen molar-refractivity contribution in [3.63, 3.8) is 0 Å². The van der Waals surface area contributed by atoms with Crippen molar-refractivity contribution in [1.29, 1.82) is 5.26 Å². The number of likely N-dealkylation sites (tertiary alicyclic amines) is 1. The molecule has 0 saturated carbocycles. The molecule has 2 rings (SSSR count). The Balaban J connectivity index is 1.73. The summed E-state index contributed by atoms with van der Waals surface area (Å²) in [6, 6.07) is 2.42. The zero-order valence-corrected chi connectivity index (χ0v) is 14.3. The molecule has 4 nitrogen and oxygen atoms in total. The molecule has 1 saturated heterocycles. The van der Waals surface area contributed by atoms with Gasteiger partial charge < -0.3 is 10.6 Å². The van der Waals surface area contributed by atoms with Gasteiger partial charge in [-0.2, -0.15) is 5.26 Å². The lowest BCUT2D eigenvalue weighted by Gasteiger charge is -2.32. The number of hydrogen-bond acceptors (Lipinski definition) is 3. The van der Waals surface area contributed by atoms with Gasteiger partial charge in [-0.1, -0.05) is 46.9 Å². The van der Waals surface area contributed by atoms with Crippen LogP contribution in [-0.2, 0) is 4.79 Å². The zero-order valence-electron chi connectivity index (χ0n) is 12.2. The summed E-state index contributed by atoms with van der Waals surface area (Å²) in [4.78, 5) is 13.6. The van der Waals surface area contributed by atoms with Crippen LogP contribution in [0.15, 0.2) is 24.3 Å². The van der Waals surface area contributed by atoms with Gasteiger partial charge in [-0.05, 0) is 45.3 Å². The SMILES string of the molecule is N#CC1(I)C=CC=CC1CCCN1CCC(C(N)=O)CC1. The molecule has 114 valence electrons. The molecule has 5 heteroatoms. The van der Waals surface area contributed by atoms with E-state index in [1.54, 1.807) is 0 Å². The molecule has 1 aliphatic carbocycles. The lowest BCUT2D eigenvalue weighted by Crippen LogP contribution is -2.39. The Morgan fingerprint density at radius 1 is 1.43 bits per heavy atom. The minimum Gasteiger partial charge on any atom is -0.369 e. The van der Waals surface area contributed by atoms with Gasteiger partial charge in [0.25, 0.3) is 0 Å². The predicted octanol–water partition coefficient (Wildman–Crippen LogP) is 2.40. The number of nitrogens with two attached hydrogens (primary N) is 1. The quantitative estimate of drug-likeness (QED) is 0.570. The van der Waals surface area contributed by atoms with E-state index in [0.717, 1.165) is 45.3 Å². The molecule has 1 amide bonds. The van der Waals surface area contributed by atoms with Gasteiger partial charge in [0.15, 0.2) is 0 Å². The van der Waals surface area contributed by atoms with Gasteiger partial charge in [0.05, 0.1) is 6.07 Å². The molecule has 2 unspecified atom stereocenters. The van der Waals surface area contributed by atoms with Crippen LogP contribution in [0, 0.1) is 23.2 Å². The molecule has 0 aromatic rings. The summed E-state index contributed by atoms with van der Waals surface area (Å²) in [6.45, 7) is 2.96. The van der Waals surface area contributed by atoms with E-state index in [2.05, 4.69) is 39.6 Å². The first-order valence-electron chi connectivity index (χ1n) is 7.53. The highest BCUT2D eigenvalue weighted by Gasteiger charge is 2.33. The summed E-state index contributed by atoms with van der Waals surface area (Å²) < 4.78 is -0.397. The third-order valence-electron chi connectivity index (χ3n) is 4.48. The summed E-state index contributed by atoms with van der Waals surface area (Å²) >= 11 is 2.26. The Bertz CT molecular complexity index is 474. The normalized spacial score (nSPS) is 30.2. The highest BCUT2D eigenvalue weighted by molar-refractivity contribution is 14.1. The number of hydrogen-bond donors (Lipinski definition) is 1. The average Bonchev–Trinajstić information content (AvgIpc) is 2.50. The molecule has 0 aromatic heterocycles. The first-order valence-corrected chi connectivity index (χ1v) is 8.61. The van der Waals surface area contributed by atoms with Crippen LogP contribution in [0.2, 0.25) is 0 Å². The van der Waals surface area contributed by atoms with Crippen molar-refractivity contribution < 1.29 is 4.79 Å². The second kappa shape index (κ2) is 7.41. The first-order chi connectivity index (χ1) is 10.0. The fraction of sp³-hybridized carbons (Fsp3) is 0.625. The maximum absolute atomic E-state index is 11.1. The van der Waals surface area contributed by atoms with Crippen LogP contribution < -0.4 is 5.73 Å². The lowest BCUT2D eigenvalue weighted by molar-refractivity contribution is -0.123. The Labute approximate surface area is 140 Å². The number of alkyl halides is 1. The van der Waals surface area contributed by atoms with Gasteiger partial charge >= 0.3 is 0 Å². The Morgan fingerprint density at radius 2 is 2.14 bits per heavy atom. The van der Waals surface area contributed by atoms with Gasteiger partial charge in [0.1, 0.15) is 3.42 Å². The van der Waals surface area contributed by atoms with Crippen LogP contribution in [0.4, 0.5) is 0 Å². The van der Waals surface area contributed by atoms with E-state index >= 15 is 0 Å². The number of nitrogens with zero attached hydrogens (tertiary/aromatic N) is 2. The minimum atomic E-state index is -0.397. The molecule has 1 heterocycles. The van der Waals surface area contributed by atoms with E-state index in [4.69, 9.17) is 5.73 Å². The van der Waals surface area contributed by atoms with Crippen molar-refractivity contribution >= 4 is 28.5 Å². The number of carbonyl (C=O) groups excluding carboxylic acids is 1. The Hall–Kier alpha value is -0.870.